The molecule has 0 saturated carbocycles. The van der Waals surface area contributed by atoms with Crippen LogP contribution in [0.25, 0.3) is 0 Å². The van der Waals surface area contributed by atoms with Crippen molar-refractivity contribution in [2.45, 2.75) is 45.3 Å². The Balaban J connectivity index is 1.45. The number of halogens is 1. The number of nitrogens with one attached hydrogen (secondary N) is 2. The monoisotopic (exact) mass is 473 g/mol. The number of urea groups is 1. The van der Waals surface area contributed by atoms with Crippen LogP contribution < -0.4 is 10.6 Å². The Morgan fingerprint density at radius 3 is 2.29 bits per heavy atom. The number of hydrogen-bond acceptors (Lipinski definition) is 2. The minimum atomic E-state index is -0.326. The van der Waals surface area contributed by atoms with Crippen LogP contribution >= 0.6 is 0 Å². The van der Waals surface area contributed by atoms with Gasteiger partial charge in [-0.25, -0.2) is 9.18 Å². The van der Waals surface area contributed by atoms with Crippen molar-refractivity contribution in [2.24, 2.45) is 5.92 Å². The molecule has 35 heavy (non-hydrogen) atoms. The average Bonchev–Trinajstić information content (AvgIpc) is 2.90. The molecule has 1 aliphatic rings. The van der Waals surface area contributed by atoms with Crippen LogP contribution in [0.3, 0.4) is 0 Å². The fraction of sp³-hybridized carbons (Fsp3) is 0.310. The Morgan fingerprint density at radius 1 is 0.857 bits per heavy atom. The topological polar surface area (TPSA) is 61.4 Å². The number of likely N-dealkylation sites (tertiary alicyclic amines) is 1. The van der Waals surface area contributed by atoms with Crippen LogP contribution in [0.2, 0.25) is 0 Å². The van der Waals surface area contributed by atoms with Crippen LogP contribution in [0.4, 0.5) is 9.18 Å². The quantitative estimate of drug-likeness (QED) is 0.485. The molecule has 182 valence electrons. The Labute approximate surface area is 206 Å². The number of amides is 3. The predicted molar refractivity (Wildman–Crippen MR) is 135 cm³/mol. The molecular weight excluding hydrogens is 441 g/mol. The van der Waals surface area contributed by atoms with E-state index in [-0.39, 0.29) is 36.3 Å². The van der Waals surface area contributed by atoms with Gasteiger partial charge in [-0.05, 0) is 53.6 Å². The first-order valence-corrected chi connectivity index (χ1v) is 12.2. The van der Waals surface area contributed by atoms with Gasteiger partial charge in [0.15, 0.2) is 0 Å². The van der Waals surface area contributed by atoms with E-state index in [0.717, 1.165) is 17.5 Å². The van der Waals surface area contributed by atoms with Crippen molar-refractivity contribution < 1.29 is 14.0 Å². The summed E-state index contributed by atoms with van der Waals surface area (Å²) >= 11 is 0. The third-order valence-corrected chi connectivity index (χ3v) is 6.63. The Kier molecular flexibility index (Phi) is 8.14. The second kappa shape index (κ2) is 11.6. The minimum absolute atomic E-state index is 0.0936. The lowest BCUT2D eigenvalue weighted by atomic mass is 9.88. The van der Waals surface area contributed by atoms with Gasteiger partial charge >= 0.3 is 6.03 Å². The fourth-order valence-corrected chi connectivity index (χ4v) is 4.59. The number of piperidine rings is 1. The lowest BCUT2D eigenvalue weighted by Crippen LogP contribution is -2.50. The van der Waals surface area contributed by atoms with E-state index in [4.69, 9.17) is 0 Å². The third kappa shape index (κ3) is 6.47. The van der Waals surface area contributed by atoms with Gasteiger partial charge in [-0.3, -0.25) is 4.79 Å². The van der Waals surface area contributed by atoms with Gasteiger partial charge in [0, 0.05) is 19.6 Å². The van der Waals surface area contributed by atoms with Gasteiger partial charge < -0.3 is 15.5 Å². The first kappa shape index (κ1) is 24.5. The van der Waals surface area contributed by atoms with Crippen molar-refractivity contribution in [3.63, 3.8) is 0 Å². The second-order valence-electron chi connectivity index (χ2n) is 9.03. The molecule has 2 unspecified atom stereocenters. The second-order valence-corrected chi connectivity index (χ2v) is 9.03. The smallest absolute Gasteiger partial charge is 0.318 e. The zero-order valence-electron chi connectivity index (χ0n) is 20.0. The van der Waals surface area contributed by atoms with Crippen molar-refractivity contribution >= 4 is 11.9 Å². The normalized spacial score (nSPS) is 17.6. The zero-order valence-corrected chi connectivity index (χ0v) is 20.0. The van der Waals surface area contributed by atoms with E-state index >= 15 is 0 Å². The van der Waals surface area contributed by atoms with Crippen LogP contribution in [0.15, 0.2) is 78.9 Å². The fourth-order valence-electron chi connectivity index (χ4n) is 4.59. The molecule has 2 atom stereocenters. The highest BCUT2D eigenvalue weighted by Crippen LogP contribution is 2.34. The molecule has 6 heteroatoms. The first-order valence-electron chi connectivity index (χ1n) is 12.2. The number of nitrogens with zero attached hydrogens (tertiary/aromatic N) is 1. The van der Waals surface area contributed by atoms with Crippen molar-refractivity contribution in [1.29, 1.82) is 0 Å². The molecule has 1 fully saturated rings. The molecule has 5 nitrogen and oxygen atoms in total. The summed E-state index contributed by atoms with van der Waals surface area (Å²) in [4.78, 5) is 28.1. The van der Waals surface area contributed by atoms with Gasteiger partial charge in [-0.2, -0.15) is 0 Å². The van der Waals surface area contributed by atoms with Crippen molar-refractivity contribution in [1.82, 2.24) is 15.5 Å². The largest absolute Gasteiger partial charge is 0.352 e. The van der Waals surface area contributed by atoms with Crippen LogP contribution in [0, 0.1) is 11.7 Å². The molecule has 0 bridgehead atoms. The van der Waals surface area contributed by atoms with Gasteiger partial charge in [0.05, 0.1) is 12.0 Å². The molecule has 4 rings (SSSR count). The van der Waals surface area contributed by atoms with Crippen molar-refractivity contribution in [3.8, 4) is 0 Å². The Morgan fingerprint density at radius 2 is 1.57 bits per heavy atom. The van der Waals surface area contributed by atoms with Gasteiger partial charge in [0.1, 0.15) is 5.82 Å². The van der Waals surface area contributed by atoms with Crippen LogP contribution in [-0.4, -0.2) is 23.4 Å². The number of carbonyl (C=O) groups excluding carboxylic acids is 2. The van der Waals surface area contributed by atoms with E-state index in [0.29, 0.717) is 31.5 Å². The van der Waals surface area contributed by atoms with E-state index in [2.05, 4.69) is 41.8 Å². The lowest BCUT2D eigenvalue weighted by Gasteiger charge is -2.39. The average molecular weight is 474 g/mol. The van der Waals surface area contributed by atoms with Crippen LogP contribution in [0.1, 0.15) is 48.1 Å². The summed E-state index contributed by atoms with van der Waals surface area (Å²) in [6.45, 7) is 3.13. The molecule has 0 aromatic heterocycles. The molecule has 1 saturated heterocycles. The highest BCUT2D eigenvalue weighted by molar-refractivity contribution is 5.81. The molecule has 1 aliphatic heterocycles. The molecule has 0 radical (unpaired) electrons. The highest BCUT2D eigenvalue weighted by Gasteiger charge is 2.35. The van der Waals surface area contributed by atoms with E-state index in [9.17, 15) is 14.0 Å². The van der Waals surface area contributed by atoms with Crippen molar-refractivity contribution in [2.75, 3.05) is 6.54 Å². The van der Waals surface area contributed by atoms with Gasteiger partial charge in [-0.15, -0.1) is 0 Å². The van der Waals surface area contributed by atoms with Crippen LogP contribution in [0.5, 0.6) is 0 Å². The lowest BCUT2D eigenvalue weighted by molar-refractivity contribution is -0.126. The van der Waals surface area contributed by atoms with Crippen LogP contribution in [-0.2, 0) is 24.3 Å². The maximum absolute atomic E-state index is 13.5. The summed E-state index contributed by atoms with van der Waals surface area (Å²) in [5.74, 6) is -0.764. The van der Waals surface area contributed by atoms with Gasteiger partial charge in [0.2, 0.25) is 5.91 Å². The third-order valence-electron chi connectivity index (χ3n) is 6.63. The molecule has 3 amide bonds. The molecule has 2 N–H and O–H groups in total. The molecule has 3 aromatic rings. The maximum Gasteiger partial charge on any atom is 0.318 e. The van der Waals surface area contributed by atoms with E-state index < -0.39 is 0 Å². The van der Waals surface area contributed by atoms with Crippen molar-refractivity contribution in [3.05, 3.63) is 107 Å². The Hall–Kier alpha value is -3.67. The van der Waals surface area contributed by atoms with Gasteiger partial charge in [0.25, 0.3) is 0 Å². The number of benzene rings is 3. The number of carbonyl (C=O) groups is 2. The number of rotatable bonds is 7. The molecule has 1 heterocycles. The summed E-state index contributed by atoms with van der Waals surface area (Å²) in [5, 5.41) is 5.95. The maximum atomic E-state index is 13.5. The summed E-state index contributed by atoms with van der Waals surface area (Å²) in [6, 6.07) is 24.1. The van der Waals surface area contributed by atoms with Gasteiger partial charge in [-0.1, -0.05) is 73.7 Å². The molecular formula is C29H32FN3O2. The number of aryl methyl sites for hydroxylation is 1. The molecule has 0 spiro atoms. The molecule has 0 aliphatic carbocycles. The minimum Gasteiger partial charge on any atom is -0.352 e. The predicted octanol–water partition coefficient (Wildman–Crippen LogP) is 5.37. The van der Waals surface area contributed by atoms with E-state index in [1.165, 1.54) is 17.7 Å². The first-order chi connectivity index (χ1) is 17.0. The summed E-state index contributed by atoms with van der Waals surface area (Å²) in [5.41, 5.74) is 4.06. The highest BCUT2D eigenvalue weighted by atomic mass is 19.1. The standard InChI is InChI=1S/C29H32FN3O2/c1-2-21-11-13-24(14-12-21)27-16-15-25(28(34)31-19-23-9-6-10-26(30)17-23)20-33(27)29(35)32-18-22-7-4-3-5-8-22/h3-14,17,25,27H,2,15-16,18-20H2,1H3,(H,31,34)(H,32,35). The SMILES string of the molecule is CCc1ccc(C2CCC(C(=O)NCc3cccc(F)c3)CN2C(=O)NCc2ccccc2)cc1. The zero-order chi connectivity index (χ0) is 24.6. The van der Waals surface area contributed by atoms with E-state index in [1.54, 1.807) is 17.0 Å². The summed E-state index contributed by atoms with van der Waals surface area (Å²) in [6.07, 6.45) is 2.33. The summed E-state index contributed by atoms with van der Waals surface area (Å²) < 4.78 is 13.5. The summed E-state index contributed by atoms with van der Waals surface area (Å²) in [7, 11) is 0. The Bertz CT molecular complexity index is 1130. The van der Waals surface area contributed by atoms with E-state index in [1.807, 2.05) is 30.3 Å². The molecule has 3 aromatic carbocycles. The number of hydrogen-bond donors (Lipinski definition) is 2.